The maximum absolute atomic E-state index is 14.3. The zero-order chi connectivity index (χ0) is 30.9. The Kier molecular flexibility index (Phi) is 8.76. The Labute approximate surface area is 248 Å². The molecule has 1 aliphatic carbocycles. The van der Waals surface area contributed by atoms with E-state index < -0.39 is 17.1 Å². The van der Waals surface area contributed by atoms with Gasteiger partial charge in [-0.3, -0.25) is 4.79 Å². The highest BCUT2D eigenvalue weighted by atomic mass is 16.5. The summed E-state index contributed by atoms with van der Waals surface area (Å²) in [4.78, 5) is 14.3. The molecule has 4 rings (SSSR count). The van der Waals surface area contributed by atoms with Crippen molar-refractivity contribution in [3.63, 3.8) is 0 Å². The molecular weight excluding hydrogens is 528 g/mol. The summed E-state index contributed by atoms with van der Waals surface area (Å²) in [5.74, 6) is -0.992. The molecule has 0 saturated heterocycles. The first kappa shape index (κ1) is 30.8. The lowest BCUT2D eigenvalue weighted by Crippen LogP contribution is -2.29. The number of phenolic OH excluding ortho intramolecular Hbond substituents is 4. The Morgan fingerprint density at radius 3 is 2.24 bits per heavy atom. The lowest BCUT2D eigenvalue weighted by Gasteiger charge is -2.33. The van der Waals surface area contributed by atoms with Crippen LogP contribution in [0, 0.1) is 0 Å². The van der Waals surface area contributed by atoms with Gasteiger partial charge >= 0.3 is 0 Å². The average molecular weight is 571 g/mol. The van der Waals surface area contributed by atoms with E-state index in [4.69, 9.17) is 4.74 Å². The zero-order valence-corrected chi connectivity index (χ0v) is 25.7. The zero-order valence-electron chi connectivity index (χ0n) is 25.7. The number of benzene rings is 2. The van der Waals surface area contributed by atoms with E-state index in [1.807, 2.05) is 45.9 Å². The van der Waals surface area contributed by atoms with Gasteiger partial charge in [-0.1, -0.05) is 34.9 Å². The van der Waals surface area contributed by atoms with Crippen molar-refractivity contribution in [1.82, 2.24) is 0 Å². The fourth-order valence-corrected chi connectivity index (χ4v) is 5.47. The van der Waals surface area contributed by atoms with Crippen molar-refractivity contribution >= 4 is 17.4 Å². The van der Waals surface area contributed by atoms with Crippen LogP contribution in [0.25, 0.3) is 11.6 Å². The first-order valence-corrected chi connectivity index (χ1v) is 14.4. The fourth-order valence-electron chi connectivity index (χ4n) is 5.47. The van der Waals surface area contributed by atoms with Crippen LogP contribution in [-0.2, 0) is 12.8 Å². The van der Waals surface area contributed by atoms with Crippen molar-refractivity contribution in [2.45, 2.75) is 86.2 Å². The summed E-state index contributed by atoms with van der Waals surface area (Å²) >= 11 is 0. The SMILES string of the molecule is CC(C)=CCC/C(C)=C/Cc1c2c(c(O)c3c1OC(C)(C)C=C3)C(=O)C(CC=C(C)C)=C(c1cc(O)c(O)cc1O)C2. The number of ether oxygens (including phenoxy) is 1. The molecule has 2 aromatic carbocycles. The van der Waals surface area contributed by atoms with Gasteiger partial charge in [-0.15, -0.1) is 0 Å². The third-order valence-electron chi connectivity index (χ3n) is 7.79. The highest BCUT2D eigenvalue weighted by molar-refractivity contribution is 6.19. The summed E-state index contributed by atoms with van der Waals surface area (Å²) in [5.41, 5.74) is 6.28. The van der Waals surface area contributed by atoms with Crippen molar-refractivity contribution in [2.24, 2.45) is 0 Å². The summed E-state index contributed by atoms with van der Waals surface area (Å²) < 4.78 is 6.44. The average Bonchev–Trinajstić information content (AvgIpc) is 2.88. The van der Waals surface area contributed by atoms with Gasteiger partial charge in [0.15, 0.2) is 17.3 Å². The van der Waals surface area contributed by atoms with E-state index in [-0.39, 0.29) is 41.3 Å². The van der Waals surface area contributed by atoms with Crippen molar-refractivity contribution in [3.8, 4) is 28.7 Å². The predicted molar refractivity (Wildman–Crippen MR) is 168 cm³/mol. The van der Waals surface area contributed by atoms with E-state index >= 15 is 0 Å². The summed E-state index contributed by atoms with van der Waals surface area (Å²) in [5, 5.41) is 42.7. The minimum atomic E-state index is -0.613. The van der Waals surface area contributed by atoms with E-state index in [1.165, 1.54) is 17.2 Å². The predicted octanol–water partition coefficient (Wildman–Crippen LogP) is 8.48. The molecule has 1 aliphatic heterocycles. The van der Waals surface area contributed by atoms with Crippen molar-refractivity contribution in [1.29, 1.82) is 0 Å². The number of ketones is 1. The molecule has 2 aliphatic rings. The molecule has 6 heteroatoms. The standard InChI is InChI=1S/C36H42O6/c1-20(2)9-8-10-22(5)12-14-24-28-17-26(27-18-30(38)31(39)19-29(27)37)23(13-11-21(3)4)33(40)32(28)34(41)25-15-16-36(6,7)42-35(24)25/h9,11-12,15-16,18-19,37-39,41H,8,10,13-14,17H2,1-7H3/b22-12+. The lowest BCUT2D eigenvalue weighted by molar-refractivity contribution is 0.102. The third kappa shape index (κ3) is 6.33. The number of allylic oxidation sites excluding steroid dienone is 8. The molecule has 42 heavy (non-hydrogen) atoms. The Morgan fingerprint density at radius 2 is 1.57 bits per heavy atom. The highest BCUT2D eigenvalue weighted by Crippen LogP contribution is 2.50. The van der Waals surface area contributed by atoms with Crippen LogP contribution in [0.3, 0.4) is 0 Å². The van der Waals surface area contributed by atoms with Crippen LogP contribution in [0.2, 0.25) is 0 Å². The summed E-state index contributed by atoms with van der Waals surface area (Å²) in [6.45, 7) is 14.0. The number of carbonyl (C=O) groups is 1. The van der Waals surface area contributed by atoms with Gasteiger partial charge in [0.05, 0.1) is 11.1 Å². The van der Waals surface area contributed by atoms with E-state index in [2.05, 4.69) is 32.9 Å². The van der Waals surface area contributed by atoms with Crippen LogP contribution in [0.1, 0.15) is 100 Å². The van der Waals surface area contributed by atoms with E-state index in [0.29, 0.717) is 34.4 Å². The molecule has 0 aromatic heterocycles. The topological polar surface area (TPSA) is 107 Å². The smallest absolute Gasteiger partial charge is 0.193 e. The van der Waals surface area contributed by atoms with Crippen LogP contribution in [-0.4, -0.2) is 31.8 Å². The van der Waals surface area contributed by atoms with Crippen LogP contribution in [0.5, 0.6) is 28.7 Å². The van der Waals surface area contributed by atoms with Gasteiger partial charge in [0, 0.05) is 22.8 Å². The molecule has 1 heterocycles. The van der Waals surface area contributed by atoms with Crippen LogP contribution in [0.15, 0.2) is 58.7 Å². The van der Waals surface area contributed by atoms with Gasteiger partial charge < -0.3 is 25.2 Å². The third-order valence-corrected chi connectivity index (χ3v) is 7.79. The number of aromatic hydroxyl groups is 4. The quantitative estimate of drug-likeness (QED) is 0.144. The largest absolute Gasteiger partial charge is 0.507 e. The first-order chi connectivity index (χ1) is 19.7. The number of Topliss-reactive ketones (excluding diaryl/α,β-unsaturated/α-hetero) is 1. The molecular formula is C36H42O6. The molecule has 6 nitrogen and oxygen atoms in total. The molecule has 4 N–H and O–H groups in total. The highest BCUT2D eigenvalue weighted by Gasteiger charge is 2.37. The first-order valence-electron chi connectivity index (χ1n) is 14.4. The second kappa shape index (κ2) is 12.0. The van der Waals surface area contributed by atoms with Crippen LogP contribution >= 0.6 is 0 Å². The Bertz CT molecular complexity index is 1590. The molecule has 0 bridgehead atoms. The number of rotatable bonds is 8. The lowest BCUT2D eigenvalue weighted by atomic mass is 9.76. The van der Waals surface area contributed by atoms with Crippen LogP contribution in [0.4, 0.5) is 0 Å². The molecule has 0 radical (unpaired) electrons. The molecule has 0 fully saturated rings. The second-order valence-electron chi connectivity index (χ2n) is 12.3. The van der Waals surface area contributed by atoms with Gasteiger partial charge in [0.2, 0.25) is 0 Å². The van der Waals surface area contributed by atoms with Crippen molar-refractivity contribution in [3.05, 3.63) is 86.5 Å². The Balaban J connectivity index is 1.95. The summed E-state index contributed by atoms with van der Waals surface area (Å²) in [6.07, 6.45) is 12.8. The van der Waals surface area contributed by atoms with Gasteiger partial charge in [-0.25, -0.2) is 0 Å². The minimum absolute atomic E-state index is 0.115. The van der Waals surface area contributed by atoms with Gasteiger partial charge in [-0.2, -0.15) is 0 Å². The summed E-state index contributed by atoms with van der Waals surface area (Å²) in [6, 6.07) is 2.37. The Hall–Kier alpha value is -4.19. The Morgan fingerprint density at radius 1 is 0.905 bits per heavy atom. The summed E-state index contributed by atoms with van der Waals surface area (Å²) in [7, 11) is 0. The maximum Gasteiger partial charge on any atom is 0.193 e. The monoisotopic (exact) mass is 570 g/mol. The fraction of sp³-hybridized carbons (Fsp3) is 0.361. The molecule has 0 saturated carbocycles. The number of phenols is 4. The van der Waals surface area contributed by atoms with E-state index in [1.54, 1.807) is 0 Å². The molecule has 0 atom stereocenters. The molecule has 222 valence electrons. The number of hydrogen-bond acceptors (Lipinski definition) is 6. The minimum Gasteiger partial charge on any atom is -0.507 e. The normalized spacial score (nSPS) is 15.6. The molecule has 0 spiro atoms. The number of carbonyl (C=O) groups excluding carboxylic acids is 1. The molecule has 0 unspecified atom stereocenters. The van der Waals surface area contributed by atoms with Gasteiger partial charge in [0.25, 0.3) is 0 Å². The molecule has 2 aromatic rings. The van der Waals surface area contributed by atoms with Crippen LogP contribution < -0.4 is 4.74 Å². The van der Waals surface area contributed by atoms with Gasteiger partial charge in [0.1, 0.15) is 22.8 Å². The van der Waals surface area contributed by atoms with E-state index in [0.717, 1.165) is 30.0 Å². The number of hydrogen-bond donors (Lipinski definition) is 4. The van der Waals surface area contributed by atoms with Crippen molar-refractivity contribution < 1.29 is 30.0 Å². The van der Waals surface area contributed by atoms with Crippen molar-refractivity contribution in [2.75, 3.05) is 0 Å². The number of fused-ring (bicyclic) bond motifs is 2. The maximum atomic E-state index is 14.3. The molecule has 0 amide bonds. The van der Waals surface area contributed by atoms with E-state index in [9.17, 15) is 25.2 Å². The second-order valence-corrected chi connectivity index (χ2v) is 12.3. The van der Waals surface area contributed by atoms with Gasteiger partial charge in [-0.05, 0) is 110 Å².